The third-order valence-corrected chi connectivity index (χ3v) is 3.63. The fourth-order valence-corrected chi connectivity index (χ4v) is 2.68. The zero-order valence-electron chi connectivity index (χ0n) is 8.68. The van der Waals surface area contributed by atoms with Gasteiger partial charge in [0.1, 0.15) is 11.4 Å². The molecule has 3 atom stereocenters. The number of rotatable bonds is 0. The van der Waals surface area contributed by atoms with E-state index in [2.05, 4.69) is 24.5 Å². The van der Waals surface area contributed by atoms with E-state index < -0.39 is 5.54 Å². The minimum Gasteiger partial charge on any atom is -0.325 e. The van der Waals surface area contributed by atoms with Gasteiger partial charge >= 0.3 is 6.03 Å². The lowest BCUT2D eigenvalue weighted by atomic mass is 9.69. The van der Waals surface area contributed by atoms with E-state index in [9.17, 15) is 4.79 Å². The van der Waals surface area contributed by atoms with E-state index in [4.69, 9.17) is 5.41 Å². The zero-order valence-corrected chi connectivity index (χ0v) is 8.68. The van der Waals surface area contributed by atoms with Gasteiger partial charge < -0.3 is 5.32 Å². The Bertz CT molecular complexity index is 289. The highest BCUT2D eigenvalue weighted by atomic mass is 16.2. The maximum Gasteiger partial charge on any atom is 0.321 e. The average Bonchev–Trinajstić information content (AvgIpc) is 2.36. The second-order valence-electron chi connectivity index (χ2n) is 4.71. The van der Waals surface area contributed by atoms with Gasteiger partial charge in [0.2, 0.25) is 0 Å². The molecule has 2 amide bonds. The van der Waals surface area contributed by atoms with Crippen molar-refractivity contribution in [3.05, 3.63) is 0 Å². The molecule has 3 unspecified atom stereocenters. The van der Waals surface area contributed by atoms with Gasteiger partial charge in [0.15, 0.2) is 0 Å². The second kappa shape index (κ2) is 2.97. The van der Waals surface area contributed by atoms with E-state index in [1.165, 1.54) is 6.42 Å². The minimum atomic E-state index is -0.394. The van der Waals surface area contributed by atoms with Crippen LogP contribution in [0, 0.1) is 17.2 Å². The van der Waals surface area contributed by atoms with Gasteiger partial charge in [-0.1, -0.05) is 20.3 Å². The van der Waals surface area contributed by atoms with Gasteiger partial charge in [-0.3, -0.25) is 10.7 Å². The van der Waals surface area contributed by atoms with E-state index in [0.29, 0.717) is 17.7 Å². The third kappa shape index (κ3) is 1.21. The molecule has 2 aliphatic rings. The molecule has 1 saturated heterocycles. The summed E-state index contributed by atoms with van der Waals surface area (Å²) >= 11 is 0. The van der Waals surface area contributed by atoms with Crippen LogP contribution in [0.3, 0.4) is 0 Å². The van der Waals surface area contributed by atoms with E-state index >= 15 is 0 Å². The van der Waals surface area contributed by atoms with Crippen molar-refractivity contribution >= 4 is 11.9 Å². The lowest BCUT2D eigenvalue weighted by Gasteiger charge is -2.40. The number of carbonyl (C=O) groups is 1. The molecule has 0 bridgehead atoms. The molecular weight excluding hydrogens is 178 g/mol. The van der Waals surface area contributed by atoms with Gasteiger partial charge in [-0.2, -0.15) is 0 Å². The SMILES string of the molecule is CC1CCC(C)C2(C1)NC(=O)NC2=N. The van der Waals surface area contributed by atoms with Crippen LogP contribution in [0.4, 0.5) is 4.79 Å². The summed E-state index contributed by atoms with van der Waals surface area (Å²) < 4.78 is 0. The fraction of sp³-hybridized carbons (Fsp3) is 0.800. The van der Waals surface area contributed by atoms with Gasteiger partial charge in [0.25, 0.3) is 0 Å². The van der Waals surface area contributed by atoms with E-state index in [1.807, 2.05) is 0 Å². The molecule has 4 heteroatoms. The normalized spacial score (nSPS) is 42.4. The van der Waals surface area contributed by atoms with Crippen LogP contribution in [0.2, 0.25) is 0 Å². The van der Waals surface area contributed by atoms with Crippen LogP contribution in [0.5, 0.6) is 0 Å². The van der Waals surface area contributed by atoms with Gasteiger partial charge in [0, 0.05) is 0 Å². The molecule has 1 saturated carbocycles. The van der Waals surface area contributed by atoms with E-state index in [-0.39, 0.29) is 6.03 Å². The van der Waals surface area contributed by atoms with Crippen LogP contribution in [0.25, 0.3) is 0 Å². The molecule has 4 nitrogen and oxygen atoms in total. The Hall–Kier alpha value is -1.06. The topological polar surface area (TPSA) is 65.0 Å². The number of hydrogen-bond acceptors (Lipinski definition) is 2. The quantitative estimate of drug-likeness (QED) is 0.538. The highest BCUT2D eigenvalue weighted by molar-refractivity contribution is 6.08. The Morgan fingerprint density at radius 1 is 1.43 bits per heavy atom. The van der Waals surface area contributed by atoms with Crippen molar-refractivity contribution in [2.45, 2.75) is 38.6 Å². The molecular formula is C10H17N3O. The van der Waals surface area contributed by atoms with Crippen molar-refractivity contribution < 1.29 is 4.79 Å². The molecule has 78 valence electrons. The molecule has 1 aliphatic heterocycles. The number of amides is 2. The van der Waals surface area contributed by atoms with E-state index in [1.54, 1.807) is 0 Å². The van der Waals surface area contributed by atoms with Crippen LogP contribution in [-0.2, 0) is 0 Å². The molecule has 1 spiro atoms. The highest BCUT2D eigenvalue weighted by Gasteiger charge is 2.49. The van der Waals surface area contributed by atoms with Crippen molar-refractivity contribution in [2.75, 3.05) is 0 Å². The predicted octanol–water partition coefficient (Wildman–Crippen LogP) is 1.47. The molecule has 3 N–H and O–H groups in total. The summed E-state index contributed by atoms with van der Waals surface area (Å²) in [6.45, 7) is 4.30. The predicted molar refractivity (Wildman–Crippen MR) is 54.3 cm³/mol. The summed E-state index contributed by atoms with van der Waals surface area (Å²) in [6, 6.07) is -0.212. The van der Waals surface area contributed by atoms with Crippen molar-refractivity contribution in [3.8, 4) is 0 Å². The van der Waals surface area contributed by atoms with Gasteiger partial charge in [-0.05, 0) is 24.7 Å². The summed E-state index contributed by atoms with van der Waals surface area (Å²) in [7, 11) is 0. The van der Waals surface area contributed by atoms with Crippen molar-refractivity contribution in [1.82, 2.24) is 10.6 Å². The molecule has 14 heavy (non-hydrogen) atoms. The smallest absolute Gasteiger partial charge is 0.321 e. The van der Waals surface area contributed by atoms with Crippen molar-refractivity contribution in [2.24, 2.45) is 11.8 Å². The first kappa shape index (κ1) is 9.49. The summed E-state index contributed by atoms with van der Waals surface area (Å²) in [5, 5.41) is 13.3. The number of amidine groups is 1. The summed E-state index contributed by atoms with van der Waals surface area (Å²) in [5.41, 5.74) is -0.394. The average molecular weight is 195 g/mol. The standard InChI is InChI=1S/C10H17N3O/c1-6-3-4-7(2)10(5-6)8(11)12-9(14)13-10/h6-7H,3-5H2,1-2H3,(H3,11,12,13,14). The molecule has 0 aromatic carbocycles. The van der Waals surface area contributed by atoms with Gasteiger partial charge in [-0.25, -0.2) is 4.79 Å². The summed E-state index contributed by atoms with van der Waals surface area (Å²) in [4.78, 5) is 11.2. The molecule has 0 radical (unpaired) electrons. The first-order valence-electron chi connectivity index (χ1n) is 5.23. The first-order valence-corrected chi connectivity index (χ1v) is 5.23. The first-order chi connectivity index (χ1) is 6.54. The Kier molecular flexibility index (Phi) is 2.01. The number of nitrogens with one attached hydrogen (secondary N) is 3. The van der Waals surface area contributed by atoms with Crippen LogP contribution in [0.15, 0.2) is 0 Å². The number of urea groups is 1. The monoisotopic (exact) mass is 195 g/mol. The maximum atomic E-state index is 11.2. The van der Waals surface area contributed by atoms with E-state index in [0.717, 1.165) is 12.8 Å². The van der Waals surface area contributed by atoms with Crippen LogP contribution < -0.4 is 10.6 Å². The van der Waals surface area contributed by atoms with Crippen LogP contribution in [-0.4, -0.2) is 17.4 Å². The van der Waals surface area contributed by atoms with Crippen LogP contribution in [0.1, 0.15) is 33.1 Å². The zero-order chi connectivity index (χ0) is 10.3. The fourth-order valence-electron chi connectivity index (χ4n) is 2.68. The number of hydrogen-bond donors (Lipinski definition) is 3. The van der Waals surface area contributed by atoms with Crippen molar-refractivity contribution in [1.29, 1.82) is 5.41 Å². The summed E-state index contributed by atoms with van der Waals surface area (Å²) in [6.07, 6.45) is 3.18. The largest absolute Gasteiger partial charge is 0.325 e. The van der Waals surface area contributed by atoms with Gasteiger partial charge in [-0.15, -0.1) is 0 Å². The Balaban J connectivity index is 2.28. The lowest BCUT2D eigenvalue weighted by Crippen LogP contribution is -2.55. The van der Waals surface area contributed by atoms with Gasteiger partial charge in [0.05, 0.1) is 0 Å². The highest BCUT2D eigenvalue weighted by Crippen LogP contribution is 2.38. The number of carbonyl (C=O) groups excluding carboxylic acids is 1. The Morgan fingerprint density at radius 3 is 2.71 bits per heavy atom. The van der Waals surface area contributed by atoms with Crippen LogP contribution >= 0.6 is 0 Å². The third-order valence-electron chi connectivity index (χ3n) is 3.63. The molecule has 1 heterocycles. The molecule has 2 fully saturated rings. The molecule has 2 rings (SSSR count). The lowest BCUT2D eigenvalue weighted by molar-refractivity contribution is 0.190. The molecule has 0 aromatic rings. The molecule has 0 aromatic heterocycles. The Labute approximate surface area is 84.0 Å². The second-order valence-corrected chi connectivity index (χ2v) is 4.71. The molecule has 1 aliphatic carbocycles. The Morgan fingerprint density at radius 2 is 2.14 bits per heavy atom. The summed E-state index contributed by atoms with van der Waals surface area (Å²) in [5.74, 6) is 1.32. The maximum absolute atomic E-state index is 11.2. The minimum absolute atomic E-state index is 0.212. The van der Waals surface area contributed by atoms with Crippen molar-refractivity contribution in [3.63, 3.8) is 0 Å².